The van der Waals surface area contributed by atoms with Gasteiger partial charge in [0.25, 0.3) is 0 Å². The largest absolute Gasteiger partial charge is 0.437 e. The van der Waals surface area contributed by atoms with Gasteiger partial charge in [-0.25, -0.2) is 9.37 Å². The van der Waals surface area contributed by atoms with Crippen molar-refractivity contribution in [1.29, 1.82) is 0 Å². The molecule has 0 fully saturated rings. The predicted octanol–water partition coefficient (Wildman–Crippen LogP) is 4.90. The van der Waals surface area contributed by atoms with E-state index in [1.807, 2.05) is 24.3 Å². The molecular formula is C15H9FINO. The van der Waals surface area contributed by atoms with E-state index in [-0.39, 0.29) is 11.7 Å². The van der Waals surface area contributed by atoms with Gasteiger partial charge in [0.05, 0.1) is 0 Å². The molecule has 3 rings (SSSR count). The smallest absolute Gasteiger partial charge is 0.222 e. The fourth-order valence-electron chi connectivity index (χ4n) is 1.77. The maximum absolute atomic E-state index is 14.0. The van der Waals surface area contributed by atoms with Crippen molar-refractivity contribution in [2.45, 2.75) is 0 Å². The van der Waals surface area contributed by atoms with Gasteiger partial charge in [0.2, 0.25) is 5.89 Å². The summed E-state index contributed by atoms with van der Waals surface area (Å²) in [6.45, 7) is 0. The van der Waals surface area contributed by atoms with Crippen molar-refractivity contribution in [3.8, 4) is 0 Å². The molecule has 0 aliphatic carbocycles. The van der Waals surface area contributed by atoms with E-state index < -0.39 is 0 Å². The molecular weight excluding hydrogens is 356 g/mol. The lowest BCUT2D eigenvalue weighted by Crippen LogP contribution is -1.77. The van der Waals surface area contributed by atoms with E-state index in [9.17, 15) is 4.39 Å². The molecule has 19 heavy (non-hydrogen) atoms. The van der Waals surface area contributed by atoms with Gasteiger partial charge in [0, 0.05) is 15.2 Å². The van der Waals surface area contributed by atoms with Crippen LogP contribution in [0.1, 0.15) is 11.5 Å². The number of aromatic nitrogens is 1. The van der Waals surface area contributed by atoms with Gasteiger partial charge < -0.3 is 4.42 Å². The standard InChI is InChI=1S/C15H9FINO/c16-12(10-4-2-1-3-5-10)9-15-18-13-8-11(17)6-7-14(13)19-15/h1-9H/b12-9+. The molecule has 0 aliphatic heterocycles. The van der Waals surface area contributed by atoms with Crippen LogP contribution in [0.2, 0.25) is 0 Å². The molecule has 0 bridgehead atoms. The Kier molecular flexibility index (Phi) is 3.33. The maximum Gasteiger partial charge on any atom is 0.222 e. The highest BCUT2D eigenvalue weighted by Gasteiger charge is 2.06. The van der Waals surface area contributed by atoms with Crippen molar-refractivity contribution in [2.24, 2.45) is 0 Å². The van der Waals surface area contributed by atoms with Crippen molar-refractivity contribution in [1.82, 2.24) is 4.98 Å². The van der Waals surface area contributed by atoms with Gasteiger partial charge in [-0.1, -0.05) is 30.3 Å². The lowest BCUT2D eigenvalue weighted by atomic mass is 10.2. The van der Waals surface area contributed by atoms with E-state index in [0.717, 1.165) is 9.09 Å². The fourth-order valence-corrected chi connectivity index (χ4v) is 2.24. The number of hydrogen-bond acceptors (Lipinski definition) is 2. The predicted molar refractivity (Wildman–Crippen MR) is 82.1 cm³/mol. The van der Waals surface area contributed by atoms with Crippen molar-refractivity contribution in [3.05, 3.63) is 63.6 Å². The van der Waals surface area contributed by atoms with Crippen LogP contribution in [0.4, 0.5) is 4.39 Å². The molecule has 3 aromatic rings. The Hall–Kier alpha value is -1.69. The van der Waals surface area contributed by atoms with Gasteiger partial charge in [-0.05, 0) is 40.8 Å². The third kappa shape index (κ3) is 2.68. The minimum atomic E-state index is -0.359. The first-order valence-electron chi connectivity index (χ1n) is 5.71. The second-order valence-electron chi connectivity index (χ2n) is 4.02. The number of benzene rings is 2. The van der Waals surface area contributed by atoms with E-state index in [2.05, 4.69) is 27.6 Å². The van der Waals surface area contributed by atoms with E-state index in [1.54, 1.807) is 24.3 Å². The Bertz CT molecular complexity index is 749. The van der Waals surface area contributed by atoms with Crippen LogP contribution >= 0.6 is 22.6 Å². The lowest BCUT2D eigenvalue weighted by molar-refractivity contribution is 0.588. The van der Waals surface area contributed by atoms with Crippen LogP contribution in [-0.2, 0) is 0 Å². The van der Waals surface area contributed by atoms with Crippen molar-refractivity contribution < 1.29 is 8.81 Å². The molecule has 94 valence electrons. The highest BCUT2D eigenvalue weighted by atomic mass is 127. The summed E-state index contributed by atoms with van der Waals surface area (Å²) in [7, 11) is 0. The van der Waals surface area contributed by atoms with Crippen LogP contribution in [0, 0.1) is 3.57 Å². The molecule has 0 saturated heterocycles. The zero-order valence-electron chi connectivity index (χ0n) is 9.81. The van der Waals surface area contributed by atoms with Gasteiger partial charge in [0.15, 0.2) is 5.58 Å². The molecule has 0 N–H and O–H groups in total. The summed E-state index contributed by atoms with van der Waals surface area (Å²) in [4.78, 5) is 4.25. The average Bonchev–Trinajstić information content (AvgIpc) is 2.81. The van der Waals surface area contributed by atoms with Gasteiger partial charge in [-0.3, -0.25) is 0 Å². The van der Waals surface area contributed by atoms with Gasteiger partial charge in [-0.2, -0.15) is 0 Å². The molecule has 4 heteroatoms. The van der Waals surface area contributed by atoms with Crippen LogP contribution in [0.25, 0.3) is 23.0 Å². The highest BCUT2D eigenvalue weighted by molar-refractivity contribution is 14.1. The van der Waals surface area contributed by atoms with E-state index in [4.69, 9.17) is 4.42 Å². The summed E-state index contributed by atoms with van der Waals surface area (Å²) in [5, 5.41) is 0. The summed E-state index contributed by atoms with van der Waals surface area (Å²) >= 11 is 2.20. The SMILES string of the molecule is F/C(=C/c1nc2cc(I)ccc2o1)c1ccccc1. The molecule has 2 nitrogen and oxygen atoms in total. The summed E-state index contributed by atoms with van der Waals surface area (Å²) in [6.07, 6.45) is 1.31. The van der Waals surface area contributed by atoms with E-state index >= 15 is 0 Å². The molecule has 0 saturated carbocycles. The van der Waals surface area contributed by atoms with Gasteiger partial charge in [-0.15, -0.1) is 0 Å². The summed E-state index contributed by atoms with van der Waals surface area (Å²) in [5.74, 6) is -0.0831. The number of fused-ring (bicyclic) bond motifs is 1. The zero-order valence-corrected chi connectivity index (χ0v) is 12.0. The first-order chi connectivity index (χ1) is 9.22. The topological polar surface area (TPSA) is 26.0 Å². The Morgan fingerprint density at radius 3 is 2.74 bits per heavy atom. The molecule has 0 amide bonds. The highest BCUT2D eigenvalue weighted by Crippen LogP contribution is 2.23. The Balaban J connectivity index is 2.01. The third-order valence-electron chi connectivity index (χ3n) is 2.67. The van der Waals surface area contributed by atoms with Crippen LogP contribution in [0.15, 0.2) is 52.9 Å². The zero-order chi connectivity index (χ0) is 13.2. The average molecular weight is 365 g/mol. The molecule has 0 unspecified atom stereocenters. The molecule has 0 radical (unpaired) electrons. The Morgan fingerprint density at radius 1 is 1.16 bits per heavy atom. The monoisotopic (exact) mass is 365 g/mol. The molecule has 0 atom stereocenters. The second-order valence-corrected chi connectivity index (χ2v) is 5.27. The van der Waals surface area contributed by atoms with Crippen LogP contribution < -0.4 is 0 Å². The number of halogens is 2. The van der Waals surface area contributed by atoms with Crippen molar-refractivity contribution >= 4 is 45.6 Å². The lowest BCUT2D eigenvalue weighted by Gasteiger charge is -1.94. The summed E-state index contributed by atoms with van der Waals surface area (Å²) < 4.78 is 20.5. The number of oxazole rings is 1. The fraction of sp³-hybridized carbons (Fsp3) is 0. The van der Waals surface area contributed by atoms with Crippen LogP contribution in [0.3, 0.4) is 0 Å². The first-order valence-corrected chi connectivity index (χ1v) is 6.79. The van der Waals surface area contributed by atoms with Crippen LogP contribution in [0.5, 0.6) is 0 Å². The minimum absolute atomic E-state index is 0.276. The molecule has 1 aromatic heterocycles. The Labute approximate surface area is 123 Å². The van der Waals surface area contributed by atoms with Crippen molar-refractivity contribution in [2.75, 3.05) is 0 Å². The Morgan fingerprint density at radius 2 is 1.95 bits per heavy atom. The van der Waals surface area contributed by atoms with Crippen LogP contribution in [-0.4, -0.2) is 4.98 Å². The van der Waals surface area contributed by atoms with E-state index in [0.29, 0.717) is 11.1 Å². The summed E-state index contributed by atoms with van der Waals surface area (Å²) in [6, 6.07) is 14.5. The van der Waals surface area contributed by atoms with Gasteiger partial charge >= 0.3 is 0 Å². The second kappa shape index (κ2) is 5.13. The quantitative estimate of drug-likeness (QED) is 0.604. The molecule has 0 spiro atoms. The number of rotatable bonds is 2. The summed E-state index contributed by atoms with van der Waals surface area (Å²) in [5.41, 5.74) is 1.91. The number of hydrogen-bond donors (Lipinski definition) is 0. The van der Waals surface area contributed by atoms with E-state index in [1.165, 1.54) is 6.08 Å². The normalized spacial score (nSPS) is 12.0. The minimum Gasteiger partial charge on any atom is -0.437 e. The maximum atomic E-state index is 14.0. The van der Waals surface area contributed by atoms with Crippen molar-refractivity contribution in [3.63, 3.8) is 0 Å². The molecule has 2 aromatic carbocycles. The molecule has 0 aliphatic rings. The number of nitrogens with zero attached hydrogens (tertiary/aromatic N) is 1. The first kappa shape index (κ1) is 12.3. The van der Waals surface area contributed by atoms with Gasteiger partial charge in [0.1, 0.15) is 11.3 Å². The third-order valence-corrected chi connectivity index (χ3v) is 3.34. The molecule has 1 heterocycles.